The van der Waals surface area contributed by atoms with E-state index in [1.54, 1.807) is 43.6 Å². The number of halogens is 1. The average Bonchev–Trinajstić information content (AvgIpc) is 3.46. The molecule has 3 aromatic rings. The van der Waals surface area contributed by atoms with Crippen molar-refractivity contribution in [2.45, 2.75) is 45.1 Å². The van der Waals surface area contributed by atoms with Gasteiger partial charge in [0, 0.05) is 0 Å². The van der Waals surface area contributed by atoms with Crippen molar-refractivity contribution in [3.05, 3.63) is 60.6 Å². The minimum absolute atomic E-state index is 0.0563. The molecule has 3 N–H and O–H groups in total. The number of nitrogens with one attached hydrogen (secondary N) is 3. The van der Waals surface area contributed by atoms with E-state index in [-0.39, 0.29) is 12.0 Å². The van der Waals surface area contributed by atoms with Crippen molar-refractivity contribution in [2.24, 2.45) is 5.41 Å². The zero-order valence-corrected chi connectivity index (χ0v) is 26.1. The number of benzene rings is 2. The normalized spacial score (nSPS) is 12.2. The topological polar surface area (TPSA) is 118 Å². The quantitative estimate of drug-likeness (QED) is 0.201. The molecule has 3 rings (SSSR count). The average molecular weight is 665 g/mol. The Hall–Kier alpha value is -3.32. The van der Waals surface area contributed by atoms with E-state index < -0.39 is 33.7 Å². The molecule has 0 spiro atoms. The Morgan fingerprint density at radius 1 is 1.07 bits per heavy atom. The molecule has 0 aliphatic heterocycles. The first-order chi connectivity index (χ1) is 19.1. The Balaban J connectivity index is 1.51. The molecule has 3 amide bonds. The molecule has 0 aliphatic rings. The molecule has 10 nitrogen and oxygen atoms in total. The maximum absolute atomic E-state index is 12.6. The third kappa shape index (κ3) is 9.40. The number of aromatic nitrogens is 1. The van der Waals surface area contributed by atoms with Gasteiger partial charge in [-0.1, -0.05) is 0 Å². The van der Waals surface area contributed by atoms with Crippen molar-refractivity contribution in [3.8, 4) is 17.1 Å². The van der Waals surface area contributed by atoms with Gasteiger partial charge in [-0.25, -0.2) is 4.98 Å². The Bertz CT molecular complexity index is 1240. The number of anilines is 2. The summed E-state index contributed by atoms with van der Waals surface area (Å²) in [6.45, 7) is 14.1. The zero-order valence-electron chi connectivity index (χ0n) is 23.9. The SMILES string of the molecule is CCN(CC)CC([I-]OC(=O)NCc1cccc(NC(=O)Nc2ccc(-c3cnco3)c(OC)c2)c1)C(C)(C)C. The number of carbonyl (C=O) groups excluding carboxylic acids is 2. The van der Waals surface area contributed by atoms with Gasteiger partial charge in [0.05, 0.1) is 18.9 Å². The monoisotopic (exact) mass is 664 g/mol. The number of nitrogens with zero attached hydrogens (tertiary/aromatic N) is 2. The molecule has 0 radical (unpaired) electrons. The summed E-state index contributed by atoms with van der Waals surface area (Å²) in [6, 6.07) is 12.1. The first kappa shape index (κ1) is 31.2. The number of amides is 3. The van der Waals surface area contributed by atoms with E-state index in [0.717, 1.165) is 30.8 Å². The minimum atomic E-state index is -0.796. The standard InChI is InChI=1S/C29H39IN5O5/c1-7-35(8-2)18-26(29(3,4)5)30-40-28(37)32-16-20-10-9-11-21(14-20)33-27(36)34-22-12-13-23(24(15-22)38-6)25-17-31-19-39-25/h9-15,17,19,26H,7-8,16,18H2,1-6H3,(H,32,37)(H2,33,34,36)/q-1. The molecule has 218 valence electrons. The Morgan fingerprint density at radius 3 is 2.42 bits per heavy atom. The van der Waals surface area contributed by atoms with E-state index in [0.29, 0.717) is 26.8 Å². The van der Waals surface area contributed by atoms with Gasteiger partial charge in [0.2, 0.25) is 0 Å². The van der Waals surface area contributed by atoms with Crippen LogP contribution in [0.3, 0.4) is 0 Å². The molecule has 0 bridgehead atoms. The first-order valence-corrected chi connectivity index (χ1v) is 15.3. The van der Waals surface area contributed by atoms with Crippen molar-refractivity contribution in [2.75, 3.05) is 37.4 Å². The molecular formula is C29H39IN5O5-. The van der Waals surface area contributed by atoms with Crippen molar-refractivity contribution in [1.82, 2.24) is 15.2 Å². The van der Waals surface area contributed by atoms with E-state index in [1.807, 2.05) is 12.1 Å². The third-order valence-corrected chi connectivity index (χ3v) is 9.78. The first-order valence-electron chi connectivity index (χ1n) is 13.2. The van der Waals surface area contributed by atoms with Crippen LogP contribution in [-0.4, -0.2) is 52.7 Å². The summed E-state index contributed by atoms with van der Waals surface area (Å²) in [7, 11) is 1.55. The summed E-state index contributed by atoms with van der Waals surface area (Å²) in [5.41, 5.74) is 2.76. The predicted octanol–water partition coefficient (Wildman–Crippen LogP) is 2.98. The van der Waals surface area contributed by atoms with Crippen LogP contribution >= 0.6 is 0 Å². The fraction of sp³-hybridized carbons (Fsp3) is 0.414. The fourth-order valence-corrected chi connectivity index (χ4v) is 5.99. The zero-order chi connectivity index (χ0) is 29.1. The van der Waals surface area contributed by atoms with E-state index >= 15 is 0 Å². The van der Waals surface area contributed by atoms with Gasteiger partial charge in [0.25, 0.3) is 0 Å². The summed E-state index contributed by atoms with van der Waals surface area (Å²) in [5.74, 6) is 1.11. The number of alkyl halides is 1. The van der Waals surface area contributed by atoms with Crippen LogP contribution in [-0.2, 0) is 9.61 Å². The van der Waals surface area contributed by atoms with Gasteiger partial charge in [0.1, 0.15) is 5.75 Å². The Morgan fingerprint density at radius 2 is 1.80 bits per heavy atom. The fourth-order valence-electron chi connectivity index (χ4n) is 3.81. The third-order valence-electron chi connectivity index (χ3n) is 6.25. The van der Waals surface area contributed by atoms with Crippen molar-refractivity contribution < 1.29 is 43.4 Å². The number of hydrogen-bond acceptors (Lipinski definition) is 7. The molecule has 1 unspecified atom stereocenters. The van der Waals surface area contributed by atoms with Gasteiger partial charge in [0.15, 0.2) is 12.2 Å². The van der Waals surface area contributed by atoms with Crippen molar-refractivity contribution >= 4 is 23.5 Å². The molecule has 0 saturated heterocycles. The molecule has 2 aromatic carbocycles. The number of oxazole rings is 1. The number of hydrogen-bond donors (Lipinski definition) is 3. The molecule has 0 saturated carbocycles. The van der Waals surface area contributed by atoms with Crippen molar-refractivity contribution in [3.63, 3.8) is 0 Å². The Kier molecular flexibility index (Phi) is 11.6. The van der Waals surface area contributed by atoms with Crippen molar-refractivity contribution in [1.29, 1.82) is 0 Å². The molecular weight excluding hydrogens is 625 g/mol. The van der Waals surface area contributed by atoms with Crippen LogP contribution in [0.15, 0.2) is 59.5 Å². The molecule has 0 fully saturated rings. The van der Waals surface area contributed by atoms with E-state index in [2.05, 4.69) is 60.5 Å². The summed E-state index contributed by atoms with van der Waals surface area (Å²) in [4.78, 5) is 31.4. The molecule has 1 atom stereocenters. The second-order valence-electron chi connectivity index (χ2n) is 10.2. The predicted molar refractivity (Wildman–Crippen MR) is 152 cm³/mol. The number of carbonyl (C=O) groups is 2. The molecule has 1 heterocycles. The van der Waals surface area contributed by atoms with Crippen LogP contribution in [0.2, 0.25) is 0 Å². The van der Waals surface area contributed by atoms with Crippen LogP contribution in [0.4, 0.5) is 21.0 Å². The second kappa shape index (κ2) is 14.9. The summed E-state index contributed by atoms with van der Waals surface area (Å²) < 4.78 is 16.8. The van der Waals surface area contributed by atoms with E-state index in [4.69, 9.17) is 12.2 Å². The number of rotatable bonds is 12. The summed E-state index contributed by atoms with van der Waals surface area (Å²) >= 11 is -0.796. The van der Waals surface area contributed by atoms with Crippen LogP contribution in [0, 0.1) is 5.41 Å². The van der Waals surface area contributed by atoms with Gasteiger partial charge in [-0.2, -0.15) is 0 Å². The maximum atomic E-state index is 12.6. The molecule has 0 aliphatic carbocycles. The molecule has 11 heteroatoms. The summed E-state index contributed by atoms with van der Waals surface area (Å²) in [5, 5.41) is 8.46. The van der Waals surface area contributed by atoms with E-state index in [1.165, 1.54) is 6.39 Å². The van der Waals surface area contributed by atoms with Gasteiger partial charge >= 0.3 is 191 Å². The Labute approximate surface area is 247 Å². The van der Waals surface area contributed by atoms with Gasteiger partial charge < -0.3 is 9.15 Å². The van der Waals surface area contributed by atoms with Crippen LogP contribution < -0.4 is 42.3 Å². The number of ether oxygens (including phenoxy) is 1. The van der Waals surface area contributed by atoms with Gasteiger partial charge in [-0.3, -0.25) is 0 Å². The number of methoxy groups -OCH3 is 1. The van der Waals surface area contributed by atoms with Gasteiger partial charge in [-0.15, -0.1) is 0 Å². The van der Waals surface area contributed by atoms with Crippen LogP contribution in [0.5, 0.6) is 5.75 Å². The van der Waals surface area contributed by atoms with Crippen LogP contribution in [0.25, 0.3) is 11.3 Å². The van der Waals surface area contributed by atoms with Gasteiger partial charge in [-0.05, 0) is 6.07 Å². The molecule has 1 aromatic heterocycles. The second-order valence-corrected chi connectivity index (χ2v) is 12.6. The number of urea groups is 1. The summed E-state index contributed by atoms with van der Waals surface area (Å²) in [6.07, 6.45) is 2.52. The van der Waals surface area contributed by atoms with E-state index in [9.17, 15) is 9.59 Å². The molecule has 40 heavy (non-hydrogen) atoms. The van der Waals surface area contributed by atoms with Crippen LogP contribution in [0.1, 0.15) is 40.2 Å².